The number of carboxylic acid groups (broad SMARTS) is 1. The van der Waals surface area contributed by atoms with Gasteiger partial charge in [0, 0.05) is 12.0 Å². The fourth-order valence-corrected chi connectivity index (χ4v) is 2.55. The highest BCUT2D eigenvalue weighted by atomic mass is 16.6. The Morgan fingerprint density at radius 3 is 2.46 bits per heavy atom. The smallest absolute Gasteiger partial charge is 0.408 e. The van der Waals surface area contributed by atoms with E-state index in [1.165, 1.54) is 6.07 Å². The molecule has 0 heterocycles. The third-order valence-electron chi connectivity index (χ3n) is 3.58. The Labute approximate surface area is 149 Å². The van der Waals surface area contributed by atoms with Gasteiger partial charge in [0.05, 0.1) is 10.3 Å². The molecule has 138 valence electrons. The number of rotatable bonds is 5. The standard InChI is InChI=1S/C18H20N2O6/c1-18(2,3)26-17(23)19-14(16(21)22)10-12-9-8-11-6-4-5-7-13(11)15(12)20(24)25/h4-9,14H,10H2,1-3H3,(H,19,23)(H,21,22). The predicted octanol–water partition coefficient (Wildman–Crippen LogP) is 3.27. The van der Waals surface area contributed by atoms with Crippen molar-refractivity contribution in [3.63, 3.8) is 0 Å². The molecule has 1 atom stereocenters. The minimum atomic E-state index is -1.36. The van der Waals surface area contributed by atoms with Gasteiger partial charge < -0.3 is 15.2 Å². The molecule has 0 bridgehead atoms. The van der Waals surface area contributed by atoms with Crippen molar-refractivity contribution in [1.82, 2.24) is 5.32 Å². The molecule has 0 saturated heterocycles. The Balaban J connectivity index is 2.34. The lowest BCUT2D eigenvalue weighted by Gasteiger charge is -2.22. The minimum absolute atomic E-state index is 0.166. The summed E-state index contributed by atoms with van der Waals surface area (Å²) in [6, 6.07) is 8.61. The van der Waals surface area contributed by atoms with Crippen LogP contribution in [0.15, 0.2) is 36.4 Å². The van der Waals surface area contributed by atoms with Crippen LogP contribution in [0.3, 0.4) is 0 Å². The molecule has 8 nitrogen and oxygen atoms in total. The third kappa shape index (κ3) is 4.69. The van der Waals surface area contributed by atoms with Gasteiger partial charge >= 0.3 is 12.1 Å². The van der Waals surface area contributed by atoms with E-state index in [-0.39, 0.29) is 17.7 Å². The summed E-state index contributed by atoms with van der Waals surface area (Å²) >= 11 is 0. The number of carbonyl (C=O) groups is 2. The van der Waals surface area contributed by atoms with Crippen LogP contribution in [-0.4, -0.2) is 33.7 Å². The molecule has 26 heavy (non-hydrogen) atoms. The molecule has 0 aliphatic carbocycles. The molecular formula is C18H20N2O6. The number of benzene rings is 2. The Kier molecular flexibility index (Phi) is 5.44. The average Bonchev–Trinajstić information content (AvgIpc) is 2.51. The number of carbonyl (C=O) groups excluding carboxylic acids is 1. The summed E-state index contributed by atoms with van der Waals surface area (Å²) in [5.74, 6) is -1.31. The van der Waals surface area contributed by atoms with Crippen LogP contribution in [0.1, 0.15) is 26.3 Å². The van der Waals surface area contributed by atoms with Gasteiger partial charge in [-0.3, -0.25) is 10.1 Å². The summed E-state index contributed by atoms with van der Waals surface area (Å²) in [6.45, 7) is 4.95. The fourth-order valence-electron chi connectivity index (χ4n) is 2.55. The van der Waals surface area contributed by atoms with Gasteiger partial charge in [0.25, 0.3) is 5.69 Å². The summed E-state index contributed by atoms with van der Waals surface area (Å²) in [5, 5.41) is 24.3. The van der Waals surface area contributed by atoms with Crippen molar-refractivity contribution >= 4 is 28.5 Å². The van der Waals surface area contributed by atoms with Crippen LogP contribution < -0.4 is 5.32 Å². The van der Waals surface area contributed by atoms with Gasteiger partial charge in [0.15, 0.2) is 0 Å². The number of carboxylic acids is 1. The number of nitro benzene ring substituents is 1. The first-order valence-corrected chi connectivity index (χ1v) is 7.96. The predicted molar refractivity (Wildman–Crippen MR) is 95.1 cm³/mol. The van der Waals surface area contributed by atoms with Crippen LogP contribution in [0.4, 0.5) is 10.5 Å². The van der Waals surface area contributed by atoms with E-state index in [4.69, 9.17) is 4.74 Å². The summed E-state index contributed by atoms with van der Waals surface area (Å²) in [4.78, 5) is 34.4. The first-order valence-electron chi connectivity index (χ1n) is 7.96. The number of hydrogen-bond donors (Lipinski definition) is 2. The second-order valence-corrected chi connectivity index (χ2v) is 6.79. The number of hydrogen-bond acceptors (Lipinski definition) is 5. The van der Waals surface area contributed by atoms with E-state index in [2.05, 4.69) is 5.32 Å². The second kappa shape index (κ2) is 7.38. The number of alkyl carbamates (subject to hydrolysis) is 1. The molecule has 0 fully saturated rings. The Morgan fingerprint density at radius 2 is 1.88 bits per heavy atom. The summed E-state index contributed by atoms with van der Waals surface area (Å²) in [7, 11) is 0. The van der Waals surface area contributed by atoms with Gasteiger partial charge in [0.1, 0.15) is 11.6 Å². The first kappa shape index (κ1) is 19.2. The number of ether oxygens (including phenoxy) is 1. The first-order chi connectivity index (χ1) is 12.1. The Morgan fingerprint density at radius 1 is 1.23 bits per heavy atom. The van der Waals surface area contributed by atoms with Gasteiger partial charge in [0.2, 0.25) is 0 Å². The number of nitro groups is 1. The van der Waals surface area contributed by atoms with Gasteiger partial charge in [-0.25, -0.2) is 9.59 Å². The van der Waals surface area contributed by atoms with Crippen LogP contribution in [0.2, 0.25) is 0 Å². The van der Waals surface area contributed by atoms with Crippen molar-refractivity contribution in [2.24, 2.45) is 0 Å². The Bertz CT molecular complexity index is 856. The molecule has 2 aromatic carbocycles. The Hall–Kier alpha value is -3.16. The second-order valence-electron chi connectivity index (χ2n) is 6.79. The maximum atomic E-state index is 11.9. The molecular weight excluding hydrogens is 340 g/mol. The van der Waals surface area contributed by atoms with E-state index in [1.807, 2.05) is 0 Å². The molecule has 0 aliphatic heterocycles. The minimum Gasteiger partial charge on any atom is -0.480 e. The normalized spacial score (nSPS) is 12.4. The van der Waals surface area contributed by atoms with Crippen LogP contribution in [0, 0.1) is 10.1 Å². The van der Waals surface area contributed by atoms with Crippen LogP contribution in [0.25, 0.3) is 10.8 Å². The average molecular weight is 360 g/mol. The summed E-state index contributed by atoms with van der Waals surface area (Å²) in [6.07, 6.45) is -1.14. The van der Waals surface area contributed by atoms with Gasteiger partial charge in [-0.05, 0) is 32.2 Å². The number of amides is 1. The van der Waals surface area contributed by atoms with Gasteiger partial charge in [-0.2, -0.15) is 0 Å². The van der Waals surface area contributed by atoms with Crippen LogP contribution in [-0.2, 0) is 16.0 Å². The van der Waals surface area contributed by atoms with E-state index >= 15 is 0 Å². The zero-order chi connectivity index (χ0) is 19.5. The van der Waals surface area contributed by atoms with Crippen LogP contribution in [0.5, 0.6) is 0 Å². The lowest BCUT2D eigenvalue weighted by molar-refractivity contribution is -0.383. The van der Waals surface area contributed by atoms with E-state index < -0.39 is 28.6 Å². The van der Waals surface area contributed by atoms with Crippen LogP contribution >= 0.6 is 0 Å². The van der Waals surface area contributed by atoms with Crippen molar-refractivity contribution < 1.29 is 24.4 Å². The number of fused-ring (bicyclic) bond motifs is 1. The largest absolute Gasteiger partial charge is 0.480 e. The van der Waals surface area contributed by atoms with E-state index in [9.17, 15) is 24.8 Å². The molecule has 1 unspecified atom stereocenters. The lowest BCUT2D eigenvalue weighted by atomic mass is 9.99. The topological polar surface area (TPSA) is 119 Å². The van der Waals surface area contributed by atoms with Crippen molar-refractivity contribution in [2.75, 3.05) is 0 Å². The van der Waals surface area contributed by atoms with E-state index in [1.54, 1.807) is 51.1 Å². The zero-order valence-electron chi connectivity index (χ0n) is 14.7. The maximum Gasteiger partial charge on any atom is 0.408 e. The molecule has 2 rings (SSSR count). The van der Waals surface area contributed by atoms with E-state index in [0.717, 1.165) is 0 Å². The molecule has 0 aromatic heterocycles. The fraction of sp³-hybridized carbons (Fsp3) is 0.333. The molecule has 2 aromatic rings. The molecule has 0 aliphatic rings. The zero-order valence-corrected chi connectivity index (χ0v) is 14.7. The van der Waals surface area contributed by atoms with Crippen molar-refractivity contribution in [2.45, 2.75) is 38.8 Å². The highest BCUT2D eigenvalue weighted by molar-refractivity contribution is 5.92. The van der Waals surface area contributed by atoms with Crippen molar-refractivity contribution in [3.8, 4) is 0 Å². The lowest BCUT2D eigenvalue weighted by Crippen LogP contribution is -2.44. The molecule has 8 heteroatoms. The molecule has 0 saturated carbocycles. The SMILES string of the molecule is CC(C)(C)OC(=O)NC(Cc1ccc2ccccc2c1[N+](=O)[O-])C(=O)O. The van der Waals surface area contributed by atoms with Gasteiger partial charge in [-0.15, -0.1) is 0 Å². The maximum absolute atomic E-state index is 11.9. The number of nitrogens with one attached hydrogen (secondary N) is 1. The summed E-state index contributed by atoms with van der Waals surface area (Å²) in [5.41, 5.74) is -0.736. The van der Waals surface area contributed by atoms with E-state index in [0.29, 0.717) is 10.8 Å². The molecule has 2 N–H and O–H groups in total. The van der Waals surface area contributed by atoms with Crippen molar-refractivity contribution in [1.29, 1.82) is 0 Å². The summed E-state index contributed by atoms with van der Waals surface area (Å²) < 4.78 is 5.06. The number of aliphatic carboxylic acids is 1. The highest BCUT2D eigenvalue weighted by Crippen LogP contribution is 2.30. The molecule has 1 amide bonds. The number of nitrogens with zero attached hydrogens (tertiary/aromatic N) is 1. The molecule has 0 radical (unpaired) electrons. The highest BCUT2D eigenvalue weighted by Gasteiger charge is 2.28. The quantitative estimate of drug-likeness (QED) is 0.624. The van der Waals surface area contributed by atoms with Crippen molar-refractivity contribution in [3.05, 3.63) is 52.1 Å². The third-order valence-corrected chi connectivity index (χ3v) is 3.58. The van der Waals surface area contributed by atoms with Gasteiger partial charge in [-0.1, -0.05) is 30.3 Å². The molecule has 0 spiro atoms. The monoisotopic (exact) mass is 360 g/mol.